The average molecular weight is 297 g/mol. The molecule has 0 saturated heterocycles. The van der Waals surface area contributed by atoms with E-state index in [0.29, 0.717) is 12.2 Å². The van der Waals surface area contributed by atoms with Crippen LogP contribution in [0.4, 0.5) is 4.79 Å². The Morgan fingerprint density at radius 2 is 2.14 bits per heavy atom. The van der Waals surface area contributed by atoms with Crippen LogP contribution in [0.1, 0.15) is 39.4 Å². The summed E-state index contributed by atoms with van der Waals surface area (Å²) < 4.78 is 0. The minimum atomic E-state index is -0.928. The molecule has 0 fully saturated rings. The topological polar surface area (TPSA) is 111 Å². The van der Waals surface area contributed by atoms with Gasteiger partial charge in [-0.1, -0.05) is 20.8 Å². The van der Waals surface area contributed by atoms with Gasteiger partial charge in [0, 0.05) is 13.1 Å². The van der Waals surface area contributed by atoms with Gasteiger partial charge in [-0.3, -0.25) is 9.89 Å². The smallest absolute Gasteiger partial charge is 0.317 e. The lowest BCUT2D eigenvalue weighted by atomic mass is 9.87. The van der Waals surface area contributed by atoms with Crippen molar-refractivity contribution in [2.75, 3.05) is 7.05 Å². The van der Waals surface area contributed by atoms with Crippen LogP contribution in [0, 0.1) is 5.41 Å². The van der Waals surface area contributed by atoms with Crippen LogP contribution in [-0.4, -0.2) is 50.3 Å². The molecular formula is C13H23N5O3. The van der Waals surface area contributed by atoms with Crippen LogP contribution in [0.5, 0.6) is 0 Å². The Morgan fingerprint density at radius 3 is 2.62 bits per heavy atom. The summed E-state index contributed by atoms with van der Waals surface area (Å²) in [7, 11) is 1.62. The molecule has 0 spiro atoms. The standard InChI is InChI=1S/C13H23N5O3/c1-13(2,3)6-9(5-11(19)20)16-12(21)18(4)7-10-14-8-15-17-10/h8-9H,5-7H2,1-4H3,(H,16,21)(H,19,20)(H,14,15,17). The number of aromatic nitrogens is 3. The lowest BCUT2D eigenvalue weighted by Crippen LogP contribution is -2.45. The van der Waals surface area contributed by atoms with E-state index >= 15 is 0 Å². The van der Waals surface area contributed by atoms with E-state index in [1.165, 1.54) is 11.2 Å². The van der Waals surface area contributed by atoms with Crippen LogP contribution in [0.15, 0.2) is 6.33 Å². The second-order valence-corrected chi connectivity index (χ2v) is 6.30. The zero-order valence-electron chi connectivity index (χ0n) is 12.9. The molecule has 0 aliphatic rings. The third-order valence-corrected chi connectivity index (χ3v) is 2.81. The molecule has 1 atom stereocenters. The maximum absolute atomic E-state index is 12.1. The molecule has 1 rings (SSSR count). The second-order valence-electron chi connectivity index (χ2n) is 6.30. The fourth-order valence-corrected chi connectivity index (χ4v) is 2.01. The van der Waals surface area contributed by atoms with E-state index in [4.69, 9.17) is 5.11 Å². The molecule has 0 bridgehead atoms. The Kier molecular flexibility index (Phi) is 5.69. The van der Waals surface area contributed by atoms with Gasteiger partial charge in [0.05, 0.1) is 13.0 Å². The molecule has 2 amide bonds. The maximum atomic E-state index is 12.1. The van der Waals surface area contributed by atoms with Crippen LogP contribution in [0.2, 0.25) is 0 Å². The first kappa shape index (κ1) is 16.9. The number of hydrogen-bond donors (Lipinski definition) is 3. The Labute approximate surface area is 123 Å². The third kappa shape index (κ3) is 6.73. The van der Waals surface area contributed by atoms with Crippen molar-refractivity contribution in [3.63, 3.8) is 0 Å². The van der Waals surface area contributed by atoms with Crippen LogP contribution < -0.4 is 5.32 Å². The first-order valence-electron chi connectivity index (χ1n) is 6.75. The van der Waals surface area contributed by atoms with Crippen molar-refractivity contribution >= 4 is 12.0 Å². The lowest BCUT2D eigenvalue weighted by molar-refractivity contribution is -0.137. The number of aliphatic carboxylic acids is 1. The largest absolute Gasteiger partial charge is 0.481 e. The number of carbonyl (C=O) groups excluding carboxylic acids is 1. The van der Waals surface area contributed by atoms with Gasteiger partial charge in [0.1, 0.15) is 12.2 Å². The average Bonchev–Trinajstić information content (AvgIpc) is 2.78. The van der Waals surface area contributed by atoms with Crippen molar-refractivity contribution in [1.82, 2.24) is 25.4 Å². The summed E-state index contributed by atoms with van der Waals surface area (Å²) in [5.74, 6) is -0.360. The summed E-state index contributed by atoms with van der Waals surface area (Å²) in [5.41, 5.74) is -0.0725. The molecular weight excluding hydrogens is 274 g/mol. The van der Waals surface area contributed by atoms with E-state index in [1.807, 2.05) is 20.8 Å². The van der Waals surface area contributed by atoms with Crippen LogP contribution in [0.25, 0.3) is 0 Å². The normalized spacial score (nSPS) is 12.8. The summed E-state index contributed by atoms with van der Waals surface area (Å²) in [6.07, 6.45) is 1.86. The van der Waals surface area contributed by atoms with E-state index in [-0.39, 0.29) is 24.4 Å². The van der Waals surface area contributed by atoms with Gasteiger partial charge in [-0.25, -0.2) is 9.78 Å². The van der Waals surface area contributed by atoms with Crippen molar-refractivity contribution in [2.45, 2.75) is 46.2 Å². The highest BCUT2D eigenvalue weighted by atomic mass is 16.4. The number of carboxylic acids is 1. The van der Waals surface area contributed by atoms with E-state index < -0.39 is 12.0 Å². The fourth-order valence-electron chi connectivity index (χ4n) is 2.01. The number of carboxylic acid groups (broad SMARTS) is 1. The van der Waals surface area contributed by atoms with Crippen LogP contribution >= 0.6 is 0 Å². The fraction of sp³-hybridized carbons (Fsp3) is 0.692. The number of hydrogen-bond acceptors (Lipinski definition) is 4. The van der Waals surface area contributed by atoms with Crippen molar-refractivity contribution in [3.8, 4) is 0 Å². The summed E-state index contributed by atoms with van der Waals surface area (Å²) in [5, 5.41) is 18.1. The lowest BCUT2D eigenvalue weighted by Gasteiger charge is -2.27. The Morgan fingerprint density at radius 1 is 1.48 bits per heavy atom. The van der Waals surface area contributed by atoms with E-state index in [9.17, 15) is 9.59 Å². The number of urea groups is 1. The van der Waals surface area contributed by atoms with Gasteiger partial charge >= 0.3 is 12.0 Å². The predicted molar refractivity (Wildman–Crippen MR) is 76.5 cm³/mol. The number of nitrogens with one attached hydrogen (secondary N) is 2. The molecule has 0 radical (unpaired) electrons. The van der Waals surface area contributed by atoms with Crippen molar-refractivity contribution < 1.29 is 14.7 Å². The van der Waals surface area contributed by atoms with Gasteiger partial charge in [-0.2, -0.15) is 5.10 Å². The summed E-state index contributed by atoms with van der Waals surface area (Å²) in [6.45, 7) is 6.30. The number of nitrogens with zero attached hydrogens (tertiary/aromatic N) is 3. The van der Waals surface area contributed by atoms with Gasteiger partial charge in [0.25, 0.3) is 0 Å². The molecule has 21 heavy (non-hydrogen) atoms. The molecule has 0 aliphatic carbocycles. The van der Waals surface area contributed by atoms with Crippen molar-refractivity contribution in [1.29, 1.82) is 0 Å². The summed E-state index contributed by atoms with van der Waals surface area (Å²) >= 11 is 0. The summed E-state index contributed by atoms with van der Waals surface area (Å²) in [6, 6.07) is -0.742. The molecule has 118 valence electrons. The minimum Gasteiger partial charge on any atom is -0.481 e. The number of carbonyl (C=O) groups is 2. The highest BCUT2D eigenvalue weighted by molar-refractivity contribution is 5.75. The zero-order valence-corrected chi connectivity index (χ0v) is 12.9. The molecule has 0 aromatic carbocycles. The van der Waals surface area contributed by atoms with Gasteiger partial charge < -0.3 is 15.3 Å². The van der Waals surface area contributed by atoms with E-state index in [2.05, 4.69) is 20.5 Å². The third-order valence-electron chi connectivity index (χ3n) is 2.81. The minimum absolute atomic E-state index is 0.0725. The predicted octanol–water partition coefficient (Wildman–Crippen LogP) is 1.23. The van der Waals surface area contributed by atoms with Gasteiger partial charge in [0.2, 0.25) is 0 Å². The van der Waals surface area contributed by atoms with Crippen LogP contribution in [0.3, 0.4) is 0 Å². The molecule has 8 nitrogen and oxygen atoms in total. The molecule has 1 heterocycles. The highest BCUT2D eigenvalue weighted by Gasteiger charge is 2.24. The van der Waals surface area contributed by atoms with E-state index in [0.717, 1.165) is 0 Å². The van der Waals surface area contributed by atoms with Gasteiger partial charge in [-0.05, 0) is 11.8 Å². The Hall–Kier alpha value is -2.12. The second kappa shape index (κ2) is 7.05. The molecule has 0 saturated carbocycles. The molecule has 3 N–H and O–H groups in total. The Bertz CT molecular complexity index is 467. The Balaban J connectivity index is 2.59. The molecule has 1 aromatic rings. The van der Waals surface area contributed by atoms with E-state index in [1.54, 1.807) is 7.05 Å². The first-order chi connectivity index (χ1) is 9.67. The van der Waals surface area contributed by atoms with Crippen LogP contribution in [-0.2, 0) is 11.3 Å². The number of amides is 2. The maximum Gasteiger partial charge on any atom is 0.317 e. The number of H-pyrrole nitrogens is 1. The number of aromatic amines is 1. The molecule has 1 unspecified atom stereocenters. The zero-order chi connectivity index (χ0) is 16.0. The van der Waals surface area contributed by atoms with Crippen molar-refractivity contribution in [2.24, 2.45) is 5.41 Å². The summed E-state index contributed by atoms with van der Waals surface area (Å²) in [4.78, 5) is 28.4. The molecule has 0 aliphatic heterocycles. The molecule has 1 aromatic heterocycles. The molecule has 8 heteroatoms. The highest BCUT2D eigenvalue weighted by Crippen LogP contribution is 2.22. The van der Waals surface area contributed by atoms with Crippen molar-refractivity contribution in [3.05, 3.63) is 12.2 Å². The van der Waals surface area contributed by atoms with Gasteiger partial charge in [0.15, 0.2) is 0 Å². The first-order valence-corrected chi connectivity index (χ1v) is 6.75. The monoisotopic (exact) mass is 297 g/mol. The number of rotatable bonds is 6. The SMILES string of the molecule is CN(Cc1ncn[nH]1)C(=O)NC(CC(=O)O)CC(C)(C)C. The van der Waals surface area contributed by atoms with Gasteiger partial charge in [-0.15, -0.1) is 0 Å². The quantitative estimate of drug-likeness (QED) is 0.731.